The zero-order valence-electron chi connectivity index (χ0n) is 8.53. The van der Waals surface area contributed by atoms with Gasteiger partial charge in [0.15, 0.2) is 0 Å². The van der Waals surface area contributed by atoms with Crippen molar-refractivity contribution in [3.8, 4) is 0 Å². The topological polar surface area (TPSA) is 55.1 Å². The molecule has 0 aliphatic rings. The summed E-state index contributed by atoms with van der Waals surface area (Å²) in [7, 11) is 0. The van der Waals surface area contributed by atoms with E-state index in [-0.39, 0.29) is 11.7 Å². The highest BCUT2D eigenvalue weighted by Crippen LogP contribution is 2.15. The molecule has 0 aliphatic heterocycles. The number of nitrogens with zero attached hydrogens (tertiary/aromatic N) is 1. The standard InChI is InChI=1S/C11H9BrN2O2/c1-7-6-13-16-10(7)11(15)14-9-4-2-8(12)3-5-9/h2-6H,1H3,(H,14,15). The molecular formula is C11H9BrN2O2. The van der Waals surface area contributed by atoms with Crippen molar-refractivity contribution >= 4 is 27.5 Å². The lowest BCUT2D eigenvalue weighted by Gasteiger charge is -2.02. The van der Waals surface area contributed by atoms with Crippen LogP contribution in [-0.2, 0) is 0 Å². The van der Waals surface area contributed by atoms with Crippen LogP contribution in [0.4, 0.5) is 5.69 Å². The van der Waals surface area contributed by atoms with E-state index in [0.717, 1.165) is 10.0 Å². The summed E-state index contributed by atoms with van der Waals surface area (Å²) in [4.78, 5) is 11.7. The number of benzene rings is 1. The fraction of sp³-hybridized carbons (Fsp3) is 0.0909. The number of aryl methyl sites for hydroxylation is 1. The molecule has 0 saturated carbocycles. The van der Waals surface area contributed by atoms with Gasteiger partial charge in [0.1, 0.15) is 0 Å². The van der Waals surface area contributed by atoms with Crippen molar-refractivity contribution in [3.63, 3.8) is 0 Å². The molecule has 2 rings (SSSR count). The minimum absolute atomic E-state index is 0.239. The van der Waals surface area contributed by atoms with Crippen LogP contribution in [0, 0.1) is 6.92 Å². The van der Waals surface area contributed by atoms with E-state index >= 15 is 0 Å². The Hall–Kier alpha value is -1.62. The molecule has 0 spiro atoms. The summed E-state index contributed by atoms with van der Waals surface area (Å²) in [6.45, 7) is 1.77. The molecule has 0 radical (unpaired) electrons. The van der Waals surface area contributed by atoms with E-state index in [4.69, 9.17) is 4.52 Å². The third kappa shape index (κ3) is 2.30. The first-order valence-electron chi connectivity index (χ1n) is 4.65. The maximum absolute atomic E-state index is 11.7. The van der Waals surface area contributed by atoms with Gasteiger partial charge in [-0.15, -0.1) is 0 Å². The largest absolute Gasteiger partial charge is 0.351 e. The van der Waals surface area contributed by atoms with E-state index in [1.165, 1.54) is 6.20 Å². The Morgan fingerprint density at radius 1 is 1.38 bits per heavy atom. The van der Waals surface area contributed by atoms with Gasteiger partial charge in [-0.1, -0.05) is 21.1 Å². The molecule has 0 aliphatic carbocycles. The molecule has 1 aromatic heterocycles. The van der Waals surface area contributed by atoms with Crippen LogP contribution in [0.15, 0.2) is 39.5 Å². The molecule has 0 bridgehead atoms. The quantitative estimate of drug-likeness (QED) is 0.920. The van der Waals surface area contributed by atoms with Crippen molar-refractivity contribution in [2.45, 2.75) is 6.92 Å². The summed E-state index contributed by atoms with van der Waals surface area (Å²) in [5.74, 6) is -0.0553. The van der Waals surface area contributed by atoms with Crippen LogP contribution in [0.25, 0.3) is 0 Å². The van der Waals surface area contributed by atoms with Gasteiger partial charge in [0.05, 0.1) is 6.20 Å². The third-order valence-electron chi connectivity index (χ3n) is 2.06. The molecule has 0 unspecified atom stereocenters. The van der Waals surface area contributed by atoms with Crippen molar-refractivity contribution in [3.05, 3.63) is 46.3 Å². The van der Waals surface area contributed by atoms with E-state index in [1.807, 2.05) is 12.1 Å². The molecule has 0 saturated heterocycles. The normalized spacial score (nSPS) is 10.1. The number of aromatic nitrogens is 1. The number of halogens is 1. The van der Waals surface area contributed by atoms with E-state index in [0.29, 0.717) is 5.69 Å². The van der Waals surface area contributed by atoms with E-state index in [2.05, 4.69) is 26.4 Å². The fourth-order valence-corrected chi connectivity index (χ4v) is 1.49. The van der Waals surface area contributed by atoms with Gasteiger partial charge in [-0.05, 0) is 31.2 Å². The van der Waals surface area contributed by atoms with Crippen molar-refractivity contribution in [2.75, 3.05) is 5.32 Å². The van der Waals surface area contributed by atoms with Gasteiger partial charge in [0, 0.05) is 15.7 Å². The first-order chi connectivity index (χ1) is 7.66. The molecule has 0 fully saturated rings. The molecule has 1 N–H and O–H groups in total. The van der Waals surface area contributed by atoms with E-state index < -0.39 is 0 Å². The van der Waals surface area contributed by atoms with Gasteiger partial charge in [0.25, 0.3) is 5.91 Å². The number of hydrogen-bond acceptors (Lipinski definition) is 3. The fourth-order valence-electron chi connectivity index (χ4n) is 1.23. The maximum Gasteiger partial charge on any atom is 0.294 e. The number of nitrogens with one attached hydrogen (secondary N) is 1. The summed E-state index contributed by atoms with van der Waals surface area (Å²) in [6, 6.07) is 7.30. The van der Waals surface area contributed by atoms with Gasteiger partial charge >= 0.3 is 0 Å². The Bertz CT molecular complexity index is 505. The minimum Gasteiger partial charge on any atom is -0.351 e. The highest BCUT2D eigenvalue weighted by molar-refractivity contribution is 9.10. The predicted octanol–water partition coefficient (Wildman–Crippen LogP) is 3.00. The van der Waals surface area contributed by atoms with Crippen LogP contribution in [0.2, 0.25) is 0 Å². The Kier molecular flexibility index (Phi) is 3.05. The molecule has 4 nitrogen and oxygen atoms in total. The molecular weight excluding hydrogens is 272 g/mol. The molecule has 1 amide bonds. The van der Waals surface area contributed by atoms with Gasteiger partial charge in [-0.2, -0.15) is 0 Å². The number of hydrogen-bond donors (Lipinski definition) is 1. The first kappa shape index (κ1) is 10.9. The van der Waals surface area contributed by atoms with Crippen LogP contribution in [0.1, 0.15) is 16.1 Å². The second-order valence-electron chi connectivity index (χ2n) is 3.30. The van der Waals surface area contributed by atoms with Crippen molar-refractivity contribution < 1.29 is 9.32 Å². The number of amides is 1. The molecule has 82 valence electrons. The van der Waals surface area contributed by atoms with Crippen LogP contribution in [0.3, 0.4) is 0 Å². The molecule has 1 aromatic carbocycles. The summed E-state index contributed by atoms with van der Waals surface area (Å²) in [5, 5.41) is 6.27. The maximum atomic E-state index is 11.7. The monoisotopic (exact) mass is 280 g/mol. The van der Waals surface area contributed by atoms with Crippen LogP contribution in [0.5, 0.6) is 0 Å². The number of anilines is 1. The Morgan fingerprint density at radius 2 is 2.06 bits per heavy atom. The highest BCUT2D eigenvalue weighted by atomic mass is 79.9. The van der Waals surface area contributed by atoms with Crippen LogP contribution >= 0.6 is 15.9 Å². The minimum atomic E-state index is -0.294. The number of rotatable bonds is 2. The Balaban J connectivity index is 2.14. The molecule has 0 atom stereocenters. The second kappa shape index (κ2) is 4.49. The van der Waals surface area contributed by atoms with Gasteiger partial charge in [0.2, 0.25) is 5.76 Å². The predicted molar refractivity (Wildman–Crippen MR) is 63.3 cm³/mol. The summed E-state index contributed by atoms with van der Waals surface area (Å²) in [6.07, 6.45) is 1.51. The van der Waals surface area contributed by atoms with Crippen LogP contribution in [-0.4, -0.2) is 11.1 Å². The lowest BCUT2D eigenvalue weighted by Crippen LogP contribution is -2.11. The lowest BCUT2D eigenvalue weighted by atomic mass is 10.2. The highest BCUT2D eigenvalue weighted by Gasteiger charge is 2.13. The summed E-state index contributed by atoms with van der Waals surface area (Å²) < 4.78 is 5.81. The Morgan fingerprint density at radius 3 is 2.62 bits per heavy atom. The lowest BCUT2D eigenvalue weighted by molar-refractivity contribution is 0.0987. The number of carbonyl (C=O) groups is 1. The summed E-state index contributed by atoms with van der Waals surface area (Å²) >= 11 is 3.32. The van der Waals surface area contributed by atoms with Crippen LogP contribution < -0.4 is 5.32 Å². The zero-order chi connectivity index (χ0) is 11.5. The second-order valence-corrected chi connectivity index (χ2v) is 4.21. The van der Waals surface area contributed by atoms with E-state index in [9.17, 15) is 4.79 Å². The first-order valence-corrected chi connectivity index (χ1v) is 5.44. The molecule has 5 heteroatoms. The van der Waals surface area contributed by atoms with Gasteiger partial charge in [-0.3, -0.25) is 4.79 Å². The smallest absolute Gasteiger partial charge is 0.294 e. The van der Waals surface area contributed by atoms with E-state index in [1.54, 1.807) is 19.1 Å². The number of carbonyl (C=O) groups excluding carboxylic acids is 1. The van der Waals surface area contributed by atoms with Crippen molar-refractivity contribution in [2.24, 2.45) is 0 Å². The van der Waals surface area contributed by atoms with Gasteiger partial charge < -0.3 is 9.84 Å². The van der Waals surface area contributed by atoms with Crippen molar-refractivity contribution in [1.29, 1.82) is 0 Å². The average molecular weight is 281 g/mol. The average Bonchev–Trinajstić information content (AvgIpc) is 2.68. The van der Waals surface area contributed by atoms with Gasteiger partial charge in [-0.25, -0.2) is 0 Å². The molecule has 2 aromatic rings. The third-order valence-corrected chi connectivity index (χ3v) is 2.59. The molecule has 16 heavy (non-hydrogen) atoms. The molecule has 1 heterocycles. The summed E-state index contributed by atoms with van der Waals surface area (Å²) in [5.41, 5.74) is 1.43. The zero-order valence-corrected chi connectivity index (χ0v) is 10.1. The SMILES string of the molecule is Cc1cnoc1C(=O)Nc1ccc(Br)cc1. The Labute approximate surface area is 101 Å². The van der Waals surface area contributed by atoms with Crippen molar-refractivity contribution in [1.82, 2.24) is 5.16 Å².